The molecule has 7 heteroatoms. The van der Waals surface area contributed by atoms with Crippen molar-refractivity contribution in [3.63, 3.8) is 0 Å². The van der Waals surface area contributed by atoms with Gasteiger partial charge in [0.2, 0.25) is 10.0 Å². The van der Waals surface area contributed by atoms with Crippen LogP contribution in [0.2, 0.25) is 0 Å². The second kappa shape index (κ2) is 7.97. The molecule has 1 unspecified atom stereocenters. The molecule has 0 aliphatic heterocycles. The Kier molecular flexibility index (Phi) is 7.19. The topological polar surface area (TPSA) is 49.4 Å². The lowest BCUT2D eigenvalue weighted by Gasteiger charge is -2.24. The molecule has 0 spiro atoms. The molecule has 0 aliphatic rings. The van der Waals surface area contributed by atoms with E-state index in [1.165, 1.54) is 15.6 Å². The third-order valence-electron chi connectivity index (χ3n) is 3.33. The van der Waals surface area contributed by atoms with Gasteiger partial charge in [-0.3, -0.25) is 0 Å². The molecule has 0 amide bonds. The van der Waals surface area contributed by atoms with Gasteiger partial charge in [-0.15, -0.1) is 11.3 Å². The van der Waals surface area contributed by atoms with E-state index in [9.17, 15) is 8.42 Å². The third-order valence-corrected chi connectivity index (χ3v) is 7.58. The van der Waals surface area contributed by atoms with Crippen molar-refractivity contribution in [2.75, 3.05) is 19.1 Å². The van der Waals surface area contributed by atoms with Gasteiger partial charge in [-0.1, -0.05) is 13.8 Å². The highest BCUT2D eigenvalue weighted by atomic mass is 32.2. The minimum atomic E-state index is -3.44. The summed E-state index contributed by atoms with van der Waals surface area (Å²) in [6, 6.07) is 0.311. The Morgan fingerprint density at radius 2 is 2.00 bits per heavy atom. The lowest BCUT2D eigenvalue weighted by Crippen LogP contribution is -2.37. The summed E-state index contributed by atoms with van der Waals surface area (Å²) < 4.78 is 27.3. The molecule has 1 aromatic rings. The van der Waals surface area contributed by atoms with E-state index in [-0.39, 0.29) is 6.04 Å². The second-order valence-electron chi connectivity index (χ2n) is 5.53. The fourth-order valence-corrected chi connectivity index (χ4v) is 5.85. The number of nitrogens with zero attached hydrogens (tertiary/aromatic N) is 1. The van der Waals surface area contributed by atoms with Crippen LogP contribution in [0.3, 0.4) is 0 Å². The minimum absolute atomic E-state index is 0.0183. The average Bonchev–Trinajstić information content (AvgIpc) is 2.77. The predicted octanol–water partition coefficient (Wildman–Crippen LogP) is 2.93. The monoisotopic (exact) mass is 350 g/mol. The predicted molar refractivity (Wildman–Crippen MR) is 93.8 cm³/mol. The Balaban J connectivity index is 3.10. The highest BCUT2D eigenvalue weighted by molar-refractivity contribution is 7.98. The Labute approximate surface area is 137 Å². The maximum atomic E-state index is 12.9. The fraction of sp³-hybridized carbons (Fsp3) is 0.714. The van der Waals surface area contributed by atoms with Crippen LogP contribution in [0.1, 0.15) is 31.2 Å². The zero-order valence-corrected chi connectivity index (χ0v) is 16.1. The van der Waals surface area contributed by atoms with Crippen molar-refractivity contribution in [2.24, 2.45) is 0 Å². The molecule has 1 aromatic heterocycles. The quantitative estimate of drug-likeness (QED) is 0.783. The summed E-state index contributed by atoms with van der Waals surface area (Å²) in [5.41, 5.74) is 0.837. The lowest BCUT2D eigenvalue weighted by atomic mass is 10.3. The molecule has 1 N–H and O–H groups in total. The summed E-state index contributed by atoms with van der Waals surface area (Å²) in [5.74, 6) is 0.790. The van der Waals surface area contributed by atoms with Crippen LogP contribution in [-0.4, -0.2) is 43.9 Å². The Morgan fingerprint density at radius 1 is 1.38 bits per heavy atom. The molecule has 21 heavy (non-hydrogen) atoms. The molecule has 0 bridgehead atoms. The number of hydrogen-bond acceptors (Lipinski definition) is 5. The van der Waals surface area contributed by atoms with Crippen LogP contribution in [0, 0.1) is 6.92 Å². The van der Waals surface area contributed by atoms with Crippen LogP contribution >= 0.6 is 23.1 Å². The summed E-state index contributed by atoms with van der Waals surface area (Å²) in [6.07, 6.45) is 1.99. The third kappa shape index (κ3) is 4.69. The number of aryl methyl sites for hydroxylation is 1. The van der Waals surface area contributed by atoms with Crippen molar-refractivity contribution >= 4 is 33.1 Å². The van der Waals surface area contributed by atoms with Gasteiger partial charge in [-0.2, -0.15) is 16.1 Å². The van der Waals surface area contributed by atoms with Crippen molar-refractivity contribution in [3.05, 3.63) is 15.8 Å². The lowest BCUT2D eigenvalue weighted by molar-refractivity contribution is 0.414. The molecule has 122 valence electrons. The van der Waals surface area contributed by atoms with Crippen molar-refractivity contribution < 1.29 is 8.42 Å². The van der Waals surface area contributed by atoms with Crippen molar-refractivity contribution in [1.29, 1.82) is 0 Å². The maximum Gasteiger partial charge on any atom is 0.244 e. The largest absolute Gasteiger partial charge is 0.310 e. The zero-order valence-electron chi connectivity index (χ0n) is 13.6. The molecule has 0 fully saturated rings. The molecule has 0 saturated heterocycles. The molecule has 1 heterocycles. The van der Waals surface area contributed by atoms with Gasteiger partial charge < -0.3 is 5.32 Å². The van der Waals surface area contributed by atoms with Crippen LogP contribution in [0.25, 0.3) is 0 Å². The molecule has 0 radical (unpaired) electrons. The number of thioether (sulfide) groups is 1. The van der Waals surface area contributed by atoms with E-state index < -0.39 is 10.0 Å². The first-order valence-corrected chi connectivity index (χ1v) is 10.7. The highest BCUT2D eigenvalue weighted by Gasteiger charge is 2.30. The summed E-state index contributed by atoms with van der Waals surface area (Å²) in [5, 5.41) is 5.23. The van der Waals surface area contributed by atoms with E-state index in [4.69, 9.17) is 0 Å². The summed E-state index contributed by atoms with van der Waals surface area (Å²) in [6.45, 7) is 8.52. The normalized spacial score (nSPS) is 14.1. The standard InChI is InChI=1S/C14H26N2O2S3/c1-10(2)15-7-13-14(11(3)8-20-13)21(17,18)16(5)12(4)9-19-6/h8,10,12,15H,7,9H2,1-6H3. The van der Waals surface area contributed by atoms with Gasteiger partial charge in [-0.05, 0) is 31.0 Å². The molecular weight excluding hydrogens is 324 g/mol. The molecule has 0 aliphatic carbocycles. The maximum absolute atomic E-state index is 12.9. The van der Waals surface area contributed by atoms with Crippen molar-refractivity contribution in [1.82, 2.24) is 9.62 Å². The van der Waals surface area contributed by atoms with Gasteiger partial charge in [0.05, 0.1) is 0 Å². The van der Waals surface area contributed by atoms with Crippen LogP contribution in [0.4, 0.5) is 0 Å². The number of rotatable bonds is 8. The fourth-order valence-electron chi connectivity index (χ4n) is 1.98. The van der Waals surface area contributed by atoms with E-state index in [1.807, 2.05) is 25.5 Å². The molecule has 4 nitrogen and oxygen atoms in total. The second-order valence-corrected chi connectivity index (χ2v) is 9.34. The number of sulfonamides is 1. The summed E-state index contributed by atoms with van der Waals surface area (Å²) in [7, 11) is -1.76. The van der Waals surface area contributed by atoms with Crippen LogP contribution in [0.5, 0.6) is 0 Å². The van der Waals surface area contributed by atoms with Crippen molar-refractivity contribution in [2.45, 2.75) is 51.2 Å². The molecule has 1 rings (SSSR count). The van der Waals surface area contributed by atoms with E-state index in [2.05, 4.69) is 19.2 Å². The van der Waals surface area contributed by atoms with Crippen LogP contribution in [0.15, 0.2) is 10.3 Å². The van der Waals surface area contributed by atoms with E-state index in [1.54, 1.807) is 18.8 Å². The van der Waals surface area contributed by atoms with Crippen molar-refractivity contribution in [3.8, 4) is 0 Å². The average molecular weight is 351 g/mol. The Bertz CT molecular complexity index is 553. The van der Waals surface area contributed by atoms with Gasteiger partial charge in [0.25, 0.3) is 0 Å². The first-order chi connectivity index (χ1) is 9.71. The van der Waals surface area contributed by atoms with Gasteiger partial charge in [0, 0.05) is 36.3 Å². The Hall–Kier alpha value is -0.0800. The van der Waals surface area contributed by atoms with Crippen LogP contribution < -0.4 is 5.32 Å². The van der Waals surface area contributed by atoms with Gasteiger partial charge in [-0.25, -0.2) is 8.42 Å². The van der Waals surface area contributed by atoms with Crippen LogP contribution in [-0.2, 0) is 16.6 Å². The number of thiophene rings is 1. The first-order valence-electron chi connectivity index (χ1n) is 6.99. The smallest absolute Gasteiger partial charge is 0.244 e. The SMILES string of the molecule is CSCC(C)N(C)S(=O)(=O)c1c(C)csc1CNC(C)C. The van der Waals surface area contributed by atoms with E-state index >= 15 is 0 Å². The molecule has 0 aromatic carbocycles. The summed E-state index contributed by atoms with van der Waals surface area (Å²) in [4.78, 5) is 1.38. The van der Waals surface area contributed by atoms with Gasteiger partial charge in [0.1, 0.15) is 4.90 Å². The van der Waals surface area contributed by atoms with Gasteiger partial charge in [0.15, 0.2) is 0 Å². The molecule has 0 saturated carbocycles. The number of nitrogens with one attached hydrogen (secondary N) is 1. The first kappa shape index (κ1) is 19.0. The van der Waals surface area contributed by atoms with E-state index in [0.717, 1.165) is 16.2 Å². The molecular formula is C14H26N2O2S3. The Morgan fingerprint density at radius 3 is 2.52 bits per heavy atom. The van der Waals surface area contributed by atoms with Gasteiger partial charge >= 0.3 is 0 Å². The molecule has 1 atom stereocenters. The summed E-state index contributed by atoms with van der Waals surface area (Å²) >= 11 is 3.17. The minimum Gasteiger partial charge on any atom is -0.310 e. The highest BCUT2D eigenvalue weighted by Crippen LogP contribution is 2.30. The number of hydrogen-bond donors (Lipinski definition) is 1. The van der Waals surface area contributed by atoms with E-state index in [0.29, 0.717) is 17.5 Å². The zero-order chi connectivity index (χ0) is 16.2.